The van der Waals surface area contributed by atoms with Crippen LogP contribution in [0.25, 0.3) is 10.4 Å². The van der Waals surface area contributed by atoms with E-state index in [1.165, 1.54) is 0 Å². The maximum atomic E-state index is 7.69. The minimum absolute atomic E-state index is 0.565. The third-order valence-corrected chi connectivity index (χ3v) is 0.411. The molecule has 0 aromatic heterocycles. The average molecular weight is 102 g/mol. The summed E-state index contributed by atoms with van der Waals surface area (Å²) in [7, 11) is 0. The largest absolute Gasteiger partial charge is 0.296 e. The topological polar surface area (TPSA) is 84.0 Å². The van der Waals surface area contributed by atoms with E-state index in [-0.39, 0.29) is 0 Å². The van der Waals surface area contributed by atoms with E-state index in [0.29, 0.717) is 0 Å². The van der Waals surface area contributed by atoms with E-state index in [4.69, 9.17) is 5.53 Å². The first kappa shape index (κ1) is 6.23. The Morgan fingerprint density at radius 1 is 2.00 bits per heavy atom. The summed E-state index contributed by atoms with van der Waals surface area (Å²) in [5, 5.41) is 3.08. The zero-order valence-corrected chi connectivity index (χ0v) is 3.90. The van der Waals surface area contributed by atoms with Gasteiger partial charge < -0.3 is 0 Å². The third-order valence-electron chi connectivity index (χ3n) is 0.411. The zero-order chi connectivity index (χ0) is 5.70. The molecule has 0 radical (unpaired) electrons. The van der Waals surface area contributed by atoms with Crippen molar-refractivity contribution >= 4 is 0 Å². The Balaban J connectivity index is 3.35. The van der Waals surface area contributed by atoms with Crippen LogP contribution in [0.2, 0.25) is 0 Å². The third kappa shape index (κ3) is 3.05. The Hall–Kier alpha value is -0.770. The summed E-state index contributed by atoms with van der Waals surface area (Å²) in [4.78, 5) is 6.50. The van der Waals surface area contributed by atoms with Crippen molar-refractivity contribution in [3.05, 3.63) is 10.4 Å². The molecule has 0 aliphatic rings. The molecule has 0 aromatic rings. The number of hydrogen-bond acceptors (Lipinski definition) is 3. The molecule has 0 rings (SSSR count). The van der Waals surface area contributed by atoms with Gasteiger partial charge in [-0.1, -0.05) is 5.11 Å². The van der Waals surface area contributed by atoms with E-state index in [9.17, 15) is 0 Å². The van der Waals surface area contributed by atoms with Crippen molar-refractivity contribution in [2.24, 2.45) is 11.0 Å². The summed E-state index contributed by atoms with van der Waals surface area (Å²) < 4.78 is 0. The van der Waals surface area contributed by atoms with Gasteiger partial charge in [0.05, 0.1) is 0 Å². The normalized spacial score (nSPS) is 12.3. The first-order chi connectivity index (χ1) is 3.31. The lowest BCUT2D eigenvalue weighted by molar-refractivity contribution is 0.0718. The fraction of sp³-hybridized carbons (Fsp3) is 1.00. The molecule has 40 valence electrons. The van der Waals surface area contributed by atoms with Gasteiger partial charge in [0.2, 0.25) is 0 Å². The molecule has 0 amide bonds. The van der Waals surface area contributed by atoms with Gasteiger partial charge >= 0.3 is 0 Å². The Morgan fingerprint density at radius 2 is 2.57 bits per heavy atom. The number of hydrogen-bond donors (Lipinski definition) is 1. The molecule has 2 N–H and O–H groups in total. The molecule has 0 fully saturated rings. The summed E-state index contributed by atoms with van der Waals surface area (Å²) in [5.41, 5.74) is 7.69. The second-order valence-electron chi connectivity index (χ2n) is 0.940. The van der Waals surface area contributed by atoms with Crippen LogP contribution < -0.4 is 5.90 Å². The fourth-order valence-electron chi connectivity index (χ4n) is 0.0999. The van der Waals surface area contributed by atoms with Gasteiger partial charge in [0.15, 0.2) is 6.23 Å². The van der Waals surface area contributed by atoms with Gasteiger partial charge in [-0.2, -0.15) is 0 Å². The van der Waals surface area contributed by atoms with Gasteiger partial charge in [-0.3, -0.25) is 4.84 Å². The van der Waals surface area contributed by atoms with E-state index in [2.05, 4.69) is 20.8 Å². The van der Waals surface area contributed by atoms with Crippen LogP contribution in [-0.2, 0) is 4.84 Å². The minimum atomic E-state index is -0.565. The molecule has 0 saturated carbocycles. The Bertz CT molecular complexity index is 85.7. The molecule has 0 bridgehead atoms. The van der Waals surface area contributed by atoms with Crippen LogP contribution in [-0.4, -0.2) is 6.23 Å². The molecule has 0 saturated heterocycles. The van der Waals surface area contributed by atoms with Crippen LogP contribution in [0.3, 0.4) is 0 Å². The highest BCUT2D eigenvalue weighted by molar-refractivity contribution is 4.44. The first-order valence-corrected chi connectivity index (χ1v) is 1.71. The molecule has 5 heteroatoms. The number of nitrogens with zero attached hydrogens (tertiary/aromatic N) is 3. The van der Waals surface area contributed by atoms with Crippen LogP contribution in [0.5, 0.6) is 0 Å². The highest BCUT2D eigenvalue weighted by Crippen LogP contribution is 1.84. The quantitative estimate of drug-likeness (QED) is 0.239. The van der Waals surface area contributed by atoms with E-state index in [0.717, 1.165) is 0 Å². The van der Waals surface area contributed by atoms with Crippen molar-refractivity contribution in [2.75, 3.05) is 0 Å². The number of rotatable bonds is 2. The highest BCUT2D eigenvalue weighted by atomic mass is 16.6. The fourth-order valence-corrected chi connectivity index (χ4v) is 0.0999. The Kier molecular flexibility index (Phi) is 3.04. The van der Waals surface area contributed by atoms with Gasteiger partial charge in [0.25, 0.3) is 0 Å². The maximum absolute atomic E-state index is 7.69. The summed E-state index contributed by atoms with van der Waals surface area (Å²) in [5.74, 6) is 4.59. The van der Waals surface area contributed by atoms with Crippen molar-refractivity contribution in [1.29, 1.82) is 0 Å². The molecule has 0 aromatic carbocycles. The van der Waals surface area contributed by atoms with Crippen LogP contribution in [0, 0.1) is 0 Å². The van der Waals surface area contributed by atoms with E-state index < -0.39 is 6.23 Å². The lowest BCUT2D eigenvalue weighted by Crippen LogP contribution is -2.08. The molecule has 7 heavy (non-hydrogen) atoms. The molecular formula is C2H6N4O. The van der Waals surface area contributed by atoms with E-state index in [1.54, 1.807) is 6.92 Å². The lowest BCUT2D eigenvalue weighted by atomic mass is 10.7. The van der Waals surface area contributed by atoms with E-state index in [1.807, 2.05) is 0 Å². The molecule has 1 atom stereocenters. The van der Waals surface area contributed by atoms with E-state index >= 15 is 0 Å². The second-order valence-corrected chi connectivity index (χ2v) is 0.940. The molecule has 0 aliphatic carbocycles. The zero-order valence-electron chi connectivity index (χ0n) is 3.90. The lowest BCUT2D eigenvalue weighted by Gasteiger charge is -1.94. The second kappa shape index (κ2) is 3.42. The van der Waals surface area contributed by atoms with Crippen LogP contribution in [0.1, 0.15) is 6.92 Å². The molecule has 0 aliphatic heterocycles. The predicted molar refractivity (Wildman–Crippen MR) is 23.9 cm³/mol. The summed E-state index contributed by atoms with van der Waals surface area (Å²) in [6.07, 6.45) is -0.565. The number of azide groups is 1. The SMILES string of the molecule is CC(N=[N+]=[N-])ON. The monoisotopic (exact) mass is 102 g/mol. The van der Waals surface area contributed by atoms with Gasteiger partial charge in [-0.25, -0.2) is 5.90 Å². The summed E-state index contributed by atoms with van der Waals surface area (Å²) in [6.45, 7) is 1.54. The van der Waals surface area contributed by atoms with Crippen molar-refractivity contribution in [1.82, 2.24) is 0 Å². The van der Waals surface area contributed by atoms with Crippen LogP contribution in [0.4, 0.5) is 0 Å². The highest BCUT2D eigenvalue weighted by Gasteiger charge is 1.88. The van der Waals surface area contributed by atoms with Gasteiger partial charge in [-0.05, 0) is 12.5 Å². The standard InChI is InChI=1S/C2H6N4O/c1-2(7-4)5-6-3/h2H,4H2,1H3. The Morgan fingerprint density at radius 3 is 2.71 bits per heavy atom. The van der Waals surface area contributed by atoms with Gasteiger partial charge in [0, 0.05) is 4.91 Å². The summed E-state index contributed by atoms with van der Waals surface area (Å²) in [6, 6.07) is 0. The van der Waals surface area contributed by atoms with Crippen molar-refractivity contribution in [3.63, 3.8) is 0 Å². The molecule has 1 unspecified atom stereocenters. The van der Waals surface area contributed by atoms with Crippen molar-refractivity contribution in [2.45, 2.75) is 13.2 Å². The average Bonchev–Trinajstić information content (AvgIpc) is 1.68. The van der Waals surface area contributed by atoms with Crippen LogP contribution in [0.15, 0.2) is 5.11 Å². The first-order valence-electron chi connectivity index (χ1n) is 1.71. The Labute approximate surface area is 40.6 Å². The van der Waals surface area contributed by atoms with Crippen LogP contribution >= 0.6 is 0 Å². The summed E-state index contributed by atoms with van der Waals surface area (Å²) >= 11 is 0. The molecular weight excluding hydrogens is 96.0 g/mol. The predicted octanol–water partition coefficient (Wildman–Crippen LogP) is 0.533. The number of nitrogens with two attached hydrogens (primary N) is 1. The smallest absolute Gasteiger partial charge is 0.154 e. The van der Waals surface area contributed by atoms with Crippen molar-refractivity contribution < 1.29 is 4.84 Å². The van der Waals surface area contributed by atoms with Crippen molar-refractivity contribution in [3.8, 4) is 0 Å². The van der Waals surface area contributed by atoms with Gasteiger partial charge in [0.1, 0.15) is 0 Å². The maximum Gasteiger partial charge on any atom is 0.154 e. The molecule has 0 heterocycles. The minimum Gasteiger partial charge on any atom is -0.296 e. The van der Waals surface area contributed by atoms with Gasteiger partial charge in [-0.15, -0.1) is 0 Å². The molecule has 5 nitrogen and oxygen atoms in total. The molecule has 0 spiro atoms.